The number of hydrogen-bond donors (Lipinski definition) is 0. The molecule has 0 saturated carbocycles. The number of alkyl halides is 3. The molecular weight excluding hydrogens is 432 g/mol. The molecule has 0 fully saturated rings. The Labute approximate surface area is 171 Å². The first kappa shape index (κ1) is 21.5. The zero-order valence-corrected chi connectivity index (χ0v) is 16.5. The lowest BCUT2D eigenvalue weighted by Crippen LogP contribution is -2.18. The van der Waals surface area contributed by atoms with Crippen LogP contribution in [0.3, 0.4) is 0 Å². The van der Waals surface area contributed by atoms with E-state index in [4.69, 9.17) is 16.3 Å². The van der Waals surface area contributed by atoms with Crippen molar-refractivity contribution in [1.82, 2.24) is 19.6 Å². The number of halogens is 5. The van der Waals surface area contributed by atoms with Crippen LogP contribution in [0.4, 0.5) is 17.6 Å². The Morgan fingerprint density at radius 1 is 1.13 bits per heavy atom. The van der Waals surface area contributed by atoms with Gasteiger partial charge < -0.3 is 4.74 Å². The van der Waals surface area contributed by atoms with Crippen molar-refractivity contribution in [3.05, 3.63) is 63.3 Å². The number of aromatic nitrogens is 4. The van der Waals surface area contributed by atoms with Gasteiger partial charge >= 0.3 is 12.1 Å². The molecule has 0 atom stereocenters. The van der Waals surface area contributed by atoms with Crippen LogP contribution in [-0.4, -0.2) is 31.3 Å². The number of ketones is 1. The van der Waals surface area contributed by atoms with Crippen LogP contribution in [0.2, 0.25) is 5.02 Å². The van der Waals surface area contributed by atoms with Crippen molar-refractivity contribution in [1.29, 1.82) is 0 Å². The highest BCUT2D eigenvalue weighted by atomic mass is 35.5. The van der Waals surface area contributed by atoms with Crippen molar-refractivity contribution >= 4 is 23.4 Å². The van der Waals surface area contributed by atoms with E-state index in [0.29, 0.717) is 0 Å². The first-order valence-corrected chi connectivity index (χ1v) is 8.64. The zero-order chi connectivity index (χ0) is 22.4. The van der Waals surface area contributed by atoms with Gasteiger partial charge in [-0.3, -0.25) is 9.48 Å². The average Bonchev–Trinajstić information content (AvgIpc) is 3.14. The third kappa shape index (κ3) is 3.92. The van der Waals surface area contributed by atoms with Crippen LogP contribution in [0, 0.1) is 12.7 Å². The first-order valence-electron chi connectivity index (χ1n) is 8.26. The predicted molar refractivity (Wildman–Crippen MR) is 96.0 cm³/mol. The lowest BCUT2D eigenvalue weighted by atomic mass is 10.0. The number of benzene rings is 1. The lowest BCUT2D eigenvalue weighted by molar-refractivity contribution is -0.141. The summed E-state index contributed by atoms with van der Waals surface area (Å²) in [6.45, 7) is 1.41. The molecule has 1 aromatic carbocycles. The molecule has 158 valence electrons. The van der Waals surface area contributed by atoms with Crippen molar-refractivity contribution < 1.29 is 31.9 Å². The summed E-state index contributed by atoms with van der Waals surface area (Å²) in [6, 6.07) is 3.36. The Morgan fingerprint density at radius 2 is 1.80 bits per heavy atom. The van der Waals surface area contributed by atoms with Crippen LogP contribution in [-0.2, 0) is 20.3 Å². The maximum absolute atomic E-state index is 14.2. The second-order valence-electron chi connectivity index (χ2n) is 6.29. The highest BCUT2D eigenvalue weighted by molar-refractivity contribution is 6.30. The molecule has 0 aliphatic heterocycles. The van der Waals surface area contributed by atoms with Crippen LogP contribution >= 0.6 is 11.6 Å². The van der Waals surface area contributed by atoms with E-state index >= 15 is 0 Å². The number of rotatable bonds is 4. The largest absolute Gasteiger partial charge is 0.436 e. The van der Waals surface area contributed by atoms with Gasteiger partial charge in [0.15, 0.2) is 5.69 Å². The summed E-state index contributed by atoms with van der Waals surface area (Å²) < 4.78 is 60.5. The molecule has 0 spiro atoms. The van der Waals surface area contributed by atoms with E-state index in [1.54, 1.807) is 0 Å². The number of carbonyl (C=O) groups excluding carboxylic acids is 2. The van der Waals surface area contributed by atoms with Gasteiger partial charge in [0.05, 0.1) is 11.3 Å². The van der Waals surface area contributed by atoms with E-state index in [-0.39, 0.29) is 21.8 Å². The fourth-order valence-electron chi connectivity index (χ4n) is 2.81. The first-order chi connectivity index (χ1) is 13.9. The number of aryl methyl sites for hydroxylation is 3. The molecule has 12 heteroatoms. The number of esters is 1. The summed E-state index contributed by atoms with van der Waals surface area (Å²) >= 11 is 5.69. The van der Waals surface area contributed by atoms with Gasteiger partial charge in [-0.25, -0.2) is 13.9 Å². The number of carbonyl (C=O) groups is 2. The van der Waals surface area contributed by atoms with Gasteiger partial charge in [-0.1, -0.05) is 11.6 Å². The molecule has 0 aliphatic rings. The maximum Gasteiger partial charge on any atom is 0.436 e. The van der Waals surface area contributed by atoms with E-state index in [2.05, 4.69) is 10.2 Å². The van der Waals surface area contributed by atoms with Crippen LogP contribution in [0.25, 0.3) is 0 Å². The van der Waals surface area contributed by atoms with Gasteiger partial charge in [0, 0.05) is 25.3 Å². The van der Waals surface area contributed by atoms with E-state index in [1.807, 2.05) is 0 Å². The Balaban J connectivity index is 2.03. The van der Waals surface area contributed by atoms with Crippen molar-refractivity contribution in [2.45, 2.75) is 13.1 Å². The molecule has 0 aliphatic carbocycles. The highest BCUT2D eigenvalue weighted by Gasteiger charge is 2.40. The second-order valence-corrected chi connectivity index (χ2v) is 6.73. The van der Waals surface area contributed by atoms with Gasteiger partial charge in [-0.05, 0) is 25.1 Å². The molecular formula is C18H13ClF4N4O3. The Hall–Kier alpha value is -3.21. The minimum Gasteiger partial charge on any atom is -0.403 e. The van der Waals surface area contributed by atoms with Crippen molar-refractivity contribution in [2.75, 3.05) is 0 Å². The molecule has 7 nitrogen and oxygen atoms in total. The van der Waals surface area contributed by atoms with Gasteiger partial charge in [-0.2, -0.15) is 23.4 Å². The third-order valence-electron chi connectivity index (χ3n) is 4.08. The van der Waals surface area contributed by atoms with Crippen molar-refractivity contribution in [3.63, 3.8) is 0 Å². The third-order valence-corrected chi connectivity index (χ3v) is 4.31. The maximum atomic E-state index is 14.2. The lowest BCUT2D eigenvalue weighted by Gasteiger charge is -2.09. The summed E-state index contributed by atoms with van der Waals surface area (Å²) in [6.07, 6.45) is -4.06. The molecule has 0 saturated heterocycles. The van der Waals surface area contributed by atoms with Gasteiger partial charge in [0.2, 0.25) is 11.7 Å². The molecule has 2 heterocycles. The Kier molecular flexibility index (Phi) is 5.42. The fourth-order valence-corrected chi connectivity index (χ4v) is 2.97. The average molecular weight is 445 g/mol. The molecule has 3 rings (SSSR count). The number of ether oxygens (including phenoxy) is 1. The molecule has 0 bridgehead atoms. The smallest absolute Gasteiger partial charge is 0.403 e. The standard InChI is InChI=1S/C18H13ClF4N4O3/c1-8-13(14(28)10-5-4-9(19)6-12(10)20)16(27(3)24-8)30-17(29)11-7-26(2)25-15(11)18(21,22)23/h4-7H,1-3H3. The molecule has 2 aromatic heterocycles. The molecule has 3 aromatic rings. The zero-order valence-electron chi connectivity index (χ0n) is 15.7. The molecule has 0 unspecified atom stereocenters. The van der Waals surface area contributed by atoms with Crippen LogP contribution in [0.15, 0.2) is 24.4 Å². The molecule has 30 heavy (non-hydrogen) atoms. The molecule has 0 radical (unpaired) electrons. The van der Waals surface area contributed by atoms with Crippen LogP contribution in [0.5, 0.6) is 5.88 Å². The van der Waals surface area contributed by atoms with E-state index < -0.39 is 40.9 Å². The van der Waals surface area contributed by atoms with Gasteiger partial charge in [0.25, 0.3) is 0 Å². The van der Waals surface area contributed by atoms with E-state index in [9.17, 15) is 27.2 Å². The van der Waals surface area contributed by atoms with E-state index in [0.717, 1.165) is 27.7 Å². The van der Waals surface area contributed by atoms with Gasteiger partial charge in [-0.15, -0.1) is 0 Å². The second kappa shape index (κ2) is 7.56. The monoisotopic (exact) mass is 444 g/mol. The molecule has 0 N–H and O–H groups in total. The number of hydrogen-bond acceptors (Lipinski definition) is 5. The summed E-state index contributed by atoms with van der Waals surface area (Å²) in [5.41, 5.74) is -2.85. The SMILES string of the molecule is Cc1nn(C)c(OC(=O)c2cn(C)nc2C(F)(F)F)c1C(=O)c1ccc(Cl)cc1F. The molecule has 0 amide bonds. The number of nitrogens with zero attached hydrogens (tertiary/aromatic N) is 4. The van der Waals surface area contributed by atoms with Crippen LogP contribution in [0.1, 0.15) is 37.7 Å². The fraction of sp³-hybridized carbons (Fsp3) is 0.222. The van der Waals surface area contributed by atoms with E-state index in [1.165, 1.54) is 27.1 Å². The minimum atomic E-state index is -4.90. The van der Waals surface area contributed by atoms with Crippen molar-refractivity contribution in [3.8, 4) is 5.88 Å². The Bertz CT molecular complexity index is 1170. The quantitative estimate of drug-likeness (QED) is 0.348. The summed E-state index contributed by atoms with van der Waals surface area (Å²) in [4.78, 5) is 25.3. The van der Waals surface area contributed by atoms with Crippen molar-refractivity contribution in [2.24, 2.45) is 14.1 Å². The highest BCUT2D eigenvalue weighted by Crippen LogP contribution is 2.32. The topological polar surface area (TPSA) is 79.0 Å². The summed E-state index contributed by atoms with van der Waals surface area (Å²) in [5, 5.41) is 7.26. The minimum absolute atomic E-state index is 0.0647. The summed E-state index contributed by atoms with van der Waals surface area (Å²) in [5.74, 6) is -3.63. The Morgan fingerprint density at radius 3 is 2.40 bits per heavy atom. The van der Waals surface area contributed by atoms with Crippen LogP contribution < -0.4 is 4.74 Å². The van der Waals surface area contributed by atoms with Gasteiger partial charge in [0.1, 0.15) is 16.9 Å². The predicted octanol–water partition coefficient (Wildman–Crippen LogP) is 3.72. The normalized spacial score (nSPS) is 11.6. The summed E-state index contributed by atoms with van der Waals surface area (Å²) in [7, 11) is 2.52.